The van der Waals surface area contributed by atoms with Gasteiger partial charge in [0.25, 0.3) is 0 Å². The lowest BCUT2D eigenvalue weighted by atomic mass is 9.86. The molecule has 105 valence electrons. The third-order valence-corrected chi connectivity index (χ3v) is 4.52. The van der Waals surface area contributed by atoms with Gasteiger partial charge in [-0.05, 0) is 86.2 Å². The molecule has 0 saturated carbocycles. The lowest BCUT2D eigenvalue weighted by Crippen LogP contribution is -2.00. The number of hydrogen-bond donors (Lipinski definition) is 0. The Morgan fingerprint density at radius 3 is 2.65 bits per heavy atom. The smallest absolute Gasteiger partial charge is 0.0120 e. The summed E-state index contributed by atoms with van der Waals surface area (Å²) in [6, 6.07) is 0. The minimum absolute atomic E-state index is 1.12. The van der Waals surface area contributed by atoms with Gasteiger partial charge >= 0.3 is 0 Å². The van der Waals surface area contributed by atoms with E-state index in [2.05, 4.69) is 36.5 Å². The third-order valence-electron chi connectivity index (χ3n) is 4.52. The van der Waals surface area contributed by atoms with E-state index < -0.39 is 0 Å². The van der Waals surface area contributed by atoms with Crippen molar-refractivity contribution in [1.82, 2.24) is 0 Å². The van der Waals surface area contributed by atoms with Crippen molar-refractivity contribution in [2.24, 2.45) is 0 Å². The van der Waals surface area contributed by atoms with E-state index in [9.17, 15) is 0 Å². The van der Waals surface area contributed by atoms with Crippen LogP contribution in [0.2, 0.25) is 0 Å². The normalized spacial score (nSPS) is 24.0. The van der Waals surface area contributed by atoms with E-state index in [1.807, 2.05) is 0 Å². The van der Waals surface area contributed by atoms with E-state index in [4.69, 9.17) is 0 Å². The van der Waals surface area contributed by atoms with Crippen LogP contribution in [0.3, 0.4) is 0 Å². The van der Waals surface area contributed by atoms with Gasteiger partial charge in [0, 0.05) is 0 Å². The van der Waals surface area contributed by atoms with E-state index in [-0.39, 0.29) is 0 Å². The summed E-state index contributed by atoms with van der Waals surface area (Å²) in [6.45, 7) is 0. The molecule has 3 aliphatic carbocycles. The highest BCUT2D eigenvalue weighted by Crippen LogP contribution is 2.36. The molecule has 0 saturated heterocycles. The highest BCUT2D eigenvalue weighted by molar-refractivity contribution is 5.56. The topological polar surface area (TPSA) is 0 Å². The highest BCUT2D eigenvalue weighted by atomic mass is 14.2. The van der Waals surface area contributed by atoms with Crippen LogP contribution in [-0.2, 0) is 0 Å². The van der Waals surface area contributed by atoms with Gasteiger partial charge in [-0.15, -0.1) is 0 Å². The Balaban J connectivity index is 1.92. The fraction of sp³-hybridized carbons (Fsp3) is 0.500. The first-order valence-corrected chi connectivity index (χ1v) is 8.32. The summed E-state index contributed by atoms with van der Waals surface area (Å²) in [6.07, 6.45) is 28.1. The minimum atomic E-state index is 1.12. The van der Waals surface area contributed by atoms with Gasteiger partial charge in [0.1, 0.15) is 0 Å². The molecule has 0 nitrogen and oxygen atoms in total. The molecule has 20 heavy (non-hydrogen) atoms. The first-order valence-electron chi connectivity index (χ1n) is 8.32. The summed E-state index contributed by atoms with van der Waals surface area (Å²) in [5.74, 6) is 0. The van der Waals surface area contributed by atoms with Gasteiger partial charge in [0.15, 0.2) is 0 Å². The molecule has 3 aliphatic rings. The van der Waals surface area contributed by atoms with Gasteiger partial charge in [0.2, 0.25) is 0 Å². The minimum Gasteiger partial charge on any atom is -0.0842 e. The molecule has 0 aromatic rings. The Kier molecular flexibility index (Phi) is 4.73. The van der Waals surface area contributed by atoms with E-state index in [1.54, 1.807) is 5.57 Å². The number of allylic oxidation sites excluding steroid dienone is 10. The molecule has 0 heterocycles. The van der Waals surface area contributed by atoms with E-state index in [1.165, 1.54) is 74.5 Å². The maximum Gasteiger partial charge on any atom is -0.0120 e. The molecule has 0 aromatic heterocycles. The first-order chi connectivity index (χ1) is 9.95. The summed E-state index contributed by atoms with van der Waals surface area (Å²) in [4.78, 5) is 0. The highest BCUT2D eigenvalue weighted by Gasteiger charge is 2.17. The van der Waals surface area contributed by atoms with Crippen LogP contribution in [0.5, 0.6) is 0 Å². The van der Waals surface area contributed by atoms with Crippen LogP contribution in [0.4, 0.5) is 0 Å². The molecule has 0 spiro atoms. The average molecular weight is 265 g/mol. The van der Waals surface area contributed by atoms with E-state index >= 15 is 0 Å². The van der Waals surface area contributed by atoms with Crippen molar-refractivity contribution < 1.29 is 0 Å². The molecule has 3 rings (SSSR count). The lowest BCUT2D eigenvalue weighted by Gasteiger charge is -2.18. The molecule has 0 heteroatoms. The Morgan fingerprint density at radius 1 is 0.800 bits per heavy atom. The maximum absolute atomic E-state index is 3.74. The van der Waals surface area contributed by atoms with Crippen LogP contribution in [-0.4, -0.2) is 0 Å². The second-order valence-corrected chi connectivity index (χ2v) is 6.05. The molecule has 1 radical (unpaired) electrons. The monoisotopic (exact) mass is 265 g/mol. The largest absolute Gasteiger partial charge is 0.0842 e. The first kappa shape index (κ1) is 13.7. The molecule has 0 N–H and O–H groups in total. The van der Waals surface area contributed by atoms with Crippen LogP contribution >= 0.6 is 0 Å². The Morgan fingerprint density at radius 2 is 1.75 bits per heavy atom. The molecular formula is C20H25. The maximum atomic E-state index is 3.74. The molecular weight excluding hydrogens is 240 g/mol. The fourth-order valence-electron chi connectivity index (χ4n) is 3.41. The van der Waals surface area contributed by atoms with Gasteiger partial charge in [-0.25, -0.2) is 0 Å². The summed E-state index contributed by atoms with van der Waals surface area (Å²) < 4.78 is 0. The number of rotatable bonds is 2. The Labute approximate surface area is 123 Å². The lowest BCUT2D eigenvalue weighted by molar-refractivity contribution is 0.712. The molecule has 0 amide bonds. The summed E-state index contributed by atoms with van der Waals surface area (Å²) in [7, 11) is 0. The molecule has 0 fully saturated rings. The Hall–Kier alpha value is -1.30. The predicted octanol–water partition coefficient (Wildman–Crippen LogP) is 5.99. The van der Waals surface area contributed by atoms with Crippen LogP contribution in [0, 0.1) is 6.08 Å². The van der Waals surface area contributed by atoms with E-state index in [0.717, 1.165) is 6.42 Å². The van der Waals surface area contributed by atoms with Crippen molar-refractivity contribution >= 4 is 0 Å². The molecule has 0 aromatic carbocycles. The van der Waals surface area contributed by atoms with E-state index in [0.29, 0.717) is 0 Å². The van der Waals surface area contributed by atoms with Gasteiger partial charge < -0.3 is 0 Å². The second kappa shape index (κ2) is 6.92. The zero-order valence-electron chi connectivity index (χ0n) is 12.5. The van der Waals surface area contributed by atoms with Crippen LogP contribution in [0.15, 0.2) is 52.7 Å². The van der Waals surface area contributed by atoms with Crippen molar-refractivity contribution in [2.75, 3.05) is 0 Å². The van der Waals surface area contributed by atoms with Gasteiger partial charge in [-0.1, -0.05) is 36.8 Å². The standard InChI is InChI=1S/C20H25/c1-2-6-12-17(11-5-1)19-15-9-4-10-16-20(19)18-13-7-3-8-14-18/h3,7,11,13,16H,1-2,4-6,8-10,12,14H2. The zero-order valence-corrected chi connectivity index (χ0v) is 12.5. The van der Waals surface area contributed by atoms with Gasteiger partial charge in [-0.2, -0.15) is 0 Å². The summed E-state index contributed by atoms with van der Waals surface area (Å²) >= 11 is 0. The quantitative estimate of drug-likeness (QED) is 0.575. The number of hydrogen-bond acceptors (Lipinski definition) is 0. The van der Waals surface area contributed by atoms with Crippen LogP contribution < -0.4 is 0 Å². The van der Waals surface area contributed by atoms with Crippen molar-refractivity contribution in [2.45, 2.75) is 64.2 Å². The van der Waals surface area contributed by atoms with Crippen LogP contribution in [0.25, 0.3) is 0 Å². The van der Waals surface area contributed by atoms with Crippen molar-refractivity contribution in [1.29, 1.82) is 0 Å². The summed E-state index contributed by atoms with van der Waals surface area (Å²) in [5, 5.41) is 0. The predicted molar refractivity (Wildman–Crippen MR) is 86.3 cm³/mol. The van der Waals surface area contributed by atoms with Crippen LogP contribution in [0.1, 0.15) is 64.2 Å². The zero-order chi connectivity index (χ0) is 13.6. The van der Waals surface area contributed by atoms with Gasteiger partial charge in [-0.3, -0.25) is 0 Å². The molecule has 0 atom stereocenters. The van der Waals surface area contributed by atoms with Crippen molar-refractivity contribution in [3.63, 3.8) is 0 Å². The van der Waals surface area contributed by atoms with Crippen molar-refractivity contribution in [3.8, 4) is 0 Å². The Bertz CT molecular complexity index is 494. The fourth-order valence-corrected chi connectivity index (χ4v) is 3.41. The van der Waals surface area contributed by atoms with Crippen molar-refractivity contribution in [3.05, 3.63) is 58.7 Å². The molecule has 0 unspecified atom stereocenters. The summed E-state index contributed by atoms with van der Waals surface area (Å²) in [5.41, 5.74) is 6.05. The molecule has 0 aliphatic heterocycles. The van der Waals surface area contributed by atoms with Gasteiger partial charge in [0.05, 0.1) is 0 Å². The third kappa shape index (κ3) is 3.23. The average Bonchev–Trinajstić information content (AvgIpc) is 2.90. The second-order valence-electron chi connectivity index (χ2n) is 6.05. The molecule has 0 bridgehead atoms. The SMILES string of the molecule is [C]1=C(C2=CCCCCC2)C(C2=CC=CCC2)=CCCC1.